The van der Waals surface area contributed by atoms with Gasteiger partial charge < -0.3 is 5.73 Å². The number of carbonyl (C=O) groups is 1. The summed E-state index contributed by atoms with van der Waals surface area (Å²) in [7, 11) is 0. The number of anilines is 1. The summed E-state index contributed by atoms with van der Waals surface area (Å²) in [5.74, 6) is -1.32. The molecule has 6 heteroatoms. The van der Waals surface area contributed by atoms with Crippen LogP contribution in [-0.4, -0.2) is 5.78 Å². The van der Waals surface area contributed by atoms with Crippen molar-refractivity contribution in [3.05, 3.63) is 61.8 Å². The summed E-state index contributed by atoms with van der Waals surface area (Å²) in [5, 5.41) is 0.266. The van der Waals surface area contributed by atoms with E-state index in [2.05, 4.69) is 15.9 Å². The molecule has 0 unspecified atom stereocenters. The van der Waals surface area contributed by atoms with E-state index in [9.17, 15) is 9.18 Å². The van der Waals surface area contributed by atoms with Gasteiger partial charge in [-0.25, -0.2) is 4.39 Å². The van der Waals surface area contributed by atoms with Crippen LogP contribution in [0.4, 0.5) is 10.1 Å². The minimum Gasteiger partial charge on any atom is -0.398 e. The molecule has 2 N–H and O–H groups in total. The van der Waals surface area contributed by atoms with Gasteiger partial charge in [0.15, 0.2) is 11.6 Å². The minimum absolute atomic E-state index is 0.137. The predicted octanol–water partition coefficient (Wildman–Crippen LogP) is 4.71. The van der Waals surface area contributed by atoms with Crippen LogP contribution in [0.25, 0.3) is 0 Å². The molecule has 2 rings (SSSR count). The third-order valence-corrected chi connectivity index (χ3v) is 4.03. The Morgan fingerprint density at radius 2 is 1.79 bits per heavy atom. The molecule has 0 atom stereocenters. The van der Waals surface area contributed by atoms with Crippen molar-refractivity contribution in [2.45, 2.75) is 0 Å². The molecule has 0 radical (unpaired) electrons. The van der Waals surface area contributed by atoms with Gasteiger partial charge in [-0.2, -0.15) is 0 Å². The SMILES string of the molecule is Nc1cc(Cl)ccc1C(=O)c1ccc(Br)c(Cl)c1F. The molecule has 0 aliphatic carbocycles. The van der Waals surface area contributed by atoms with Crippen LogP contribution in [-0.2, 0) is 0 Å². The molecule has 0 heterocycles. The second-order valence-electron chi connectivity index (χ2n) is 3.78. The van der Waals surface area contributed by atoms with Crippen LogP contribution in [0.1, 0.15) is 15.9 Å². The lowest BCUT2D eigenvalue weighted by atomic mass is 10.0. The molecule has 0 amide bonds. The van der Waals surface area contributed by atoms with Crippen molar-refractivity contribution in [2.75, 3.05) is 5.73 Å². The molecular weight excluding hydrogens is 356 g/mol. The molecule has 98 valence electrons. The maximum absolute atomic E-state index is 14.0. The van der Waals surface area contributed by atoms with E-state index in [0.717, 1.165) is 0 Å². The standard InChI is InChI=1S/C13H7BrCl2FNO/c14-9-4-3-8(12(17)11(9)16)13(19)7-2-1-6(15)5-10(7)18/h1-5H,18H2. The number of benzene rings is 2. The Bertz CT molecular complexity index is 676. The summed E-state index contributed by atoms with van der Waals surface area (Å²) in [6.45, 7) is 0. The van der Waals surface area contributed by atoms with Gasteiger partial charge >= 0.3 is 0 Å². The van der Waals surface area contributed by atoms with E-state index < -0.39 is 11.6 Å². The van der Waals surface area contributed by atoms with Crippen LogP contribution in [0, 0.1) is 5.82 Å². The van der Waals surface area contributed by atoms with Crippen molar-refractivity contribution >= 4 is 50.6 Å². The number of hydrogen-bond acceptors (Lipinski definition) is 2. The summed E-state index contributed by atoms with van der Waals surface area (Å²) in [6, 6.07) is 7.26. The summed E-state index contributed by atoms with van der Waals surface area (Å²) >= 11 is 14.6. The van der Waals surface area contributed by atoms with Crippen LogP contribution in [0.5, 0.6) is 0 Å². The molecule has 0 fully saturated rings. The zero-order chi connectivity index (χ0) is 14.2. The van der Waals surface area contributed by atoms with E-state index in [1.807, 2.05) is 0 Å². The van der Waals surface area contributed by atoms with Gasteiger partial charge in [-0.1, -0.05) is 23.2 Å². The number of carbonyl (C=O) groups excluding carboxylic acids is 1. The van der Waals surface area contributed by atoms with E-state index in [1.54, 1.807) is 0 Å². The fraction of sp³-hybridized carbons (Fsp3) is 0. The molecule has 0 spiro atoms. The molecule has 0 saturated heterocycles. The highest BCUT2D eigenvalue weighted by Gasteiger charge is 2.19. The largest absolute Gasteiger partial charge is 0.398 e. The molecule has 0 bridgehead atoms. The fourth-order valence-corrected chi connectivity index (χ4v) is 2.24. The molecule has 0 aliphatic rings. The van der Waals surface area contributed by atoms with Gasteiger partial charge in [-0.05, 0) is 46.3 Å². The van der Waals surface area contributed by atoms with Crippen molar-refractivity contribution in [3.63, 3.8) is 0 Å². The first-order valence-corrected chi connectivity index (χ1v) is 6.70. The van der Waals surface area contributed by atoms with Gasteiger partial charge in [-0.3, -0.25) is 4.79 Å². The number of halogens is 4. The topological polar surface area (TPSA) is 43.1 Å². The van der Waals surface area contributed by atoms with Crippen LogP contribution in [0.2, 0.25) is 10.0 Å². The van der Waals surface area contributed by atoms with Gasteiger partial charge in [0.1, 0.15) is 0 Å². The van der Waals surface area contributed by atoms with Crippen molar-refractivity contribution in [1.29, 1.82) is 0 Å². The molecule has 0 aliphatic heterocycles. The highest BCUT2D eigenvalue weighted by Crippen LogP contribution is 2.30. The lowest BCUT2D eigenvalue weighted by Gasteiger charge is -2.08. The van der Waals surface area contributed by atoms with E-state index in [0.29, 0.717) is 9.50 Å². The molecular formula is C13H7BrCl2FNO. The minimum atomic E-state index is -0.782. The Morgan fingerprint density at radius 3 is 2.42 bits per heavy atom. The van der Waals surface area contributed by atoms with Gasteiger partial charge in [0.2, 0.25) is 0 Å². The van der Waals surface area contributed by atoms with Crippen LogP contribution < -0.4 is 5.73 Å². The van der Waals surface area contributed by atoms with Gasteiger partial charge in [-0.15, -0.1) is 0 Å². The highest BCUT2D eigenvalue weighted by molar-refractivity contribution is 9.10. The third kappa shape index (κ3) is 2.76. The van der Waals surface area contributed by atoms with E-state index >= 15 is 0 Å². The van der Waals surface area contributed by atoms with Crippen molar-refractivity contribution in [3.8, 4) is 0 Å². The maximum Gasteiger partial charge on any atom is 0.198 e. The van der Waals surface area contributed by atoms with Crippen molar-refractivity contribution in [1.82, 2.24) is 0 Å². The Labute approximate surface area is 127 Å². The lowest BCUT2D eigenvalue weighted by Crippen LogP contribution is -2.08. The van der Waals surface area contributed by atoms with E-state index in [-0.39, 0.29) is 21.8 Å². The number of nitrogen functional groups attached to an aromatic ring is 1. The lowest BCUT2D eigenvalue weighted by molar-refractivity contribution is 0.103. The monoisotopic (exact) mass is 361 g/mol. The first-order chi connectivity index (χ1) is 8.91. The number of rotatable bonds is 2. The predicted molar refractivity (Wildman–Crippen MR) is 78.4 cm³/mol. The summed E-state index contributed by atoms with van der Waals surface area (Å²) in [5.41, 5.74) is 5.94. The van der Waals surface area contributed by atoms with Crippen LogP contribution in [0.15, 0.2) is 34.8 Å². The van der Waals surface area contributed by atoms with Crippen molar-refractivity contribution < 1.29 is 9.18 Å². The maximum atomic E-state index is 14.0. The van der Waals surface area contributed by atoms with Crippen LogP contribution in [0.3, 0.4) is 0 Å². The van der Waals surface area contributed by atoms with Crippen molar-refractivity contribution in [2.24, 2.45) is 0 Å². The first-order valence-electron chi connectivity index (χ1n) is 5.15. The van der Waals surface area contributed by atoms with Gasteiger partial charge in [0.25, 0.3) is 0 Å². The number of hydrogen-bond donors (Lipinski definition) is 1. The quantitative estimate of drug-likeness (QED) is 0.477. The van der Waals surface area contributed by atoms with E-state index in [1.165, 1.54) is 30.3 Å². The molecule has 2 aromatic rings. The second kappa shape index (κ2) is 5.49. The van der Waals surface area contributed by atoms with Gasteiger partial charge in [0, 0.05) is 20.7 Å². The molecule has 19 heavy (non-hydrogen) atoms. The highest BCUT2D eigenvalue weighted by atomic mass is 79.9. The summed E-state index contributed by atoms with van der Waals surface area (Å²) < 4.78 is 14.3. The number of nitrogens with two attached hydrogens (primary N) is 1. The summed E-state index contributed by atoms with van der Waals surface area (Å²) in [6.07, 6.45) is 0. The zero-order valence-electron chi connectivity index (χ0n) is 9.38. The molecule has 2 aromatic carbocycles. The Hall–Kier alpha value is -1.10. The average Bonchev–Trinajstić information content (AvgIpc) is 2.35. The molecule has 0 saturated carbocycles. The third-order valence-electron chi connectivity index (χ3n) is 2.54. The Morgan fingerprint density at radius 1 is 1.16 bits per heavy atom. The Kier molecular flexibility index (Phi) is 4.13. The molecule has 0 aromatic heterocycles. The van der Waals surface area contributed by atoms with E-state index in [4.69, 9.17) is 28.9 Å². The zero-order valence-corrected chi connectivity index (χ0v) is 12.5. The van der Waals surface area contributed by atoms with Crippen LogP contribution >= 0.6 is 39.1 Å². The summed E-state index contributed by atoms with van der Waals surface area (Å²) in [4.78, 5) is 12.2. The molecule has 2 nitrogen and oxygen atoms in total. The Balaban J connectivity index is 2.53. The smallest absolute Gasteiger partial charge is 0.198 e. The normalized spacial score (nSPS) is 10.5. The average molecular weight is 363 g/mol. The van der Waals surface area contributed by atoms with Gasteiger partial charge in [0.05, 0.1) is 10.6 Å². The second-order valence-corrected chi connectivity index (χ2v) is 5.45. The number of ketones is 1. The fourth-order valence-electron chi connectivity index (χ4n) is 1.59. The first kappa shape index (κ1) is 14.3.